The monoisotopic (exact) mass is 202 g/mol. The Balaban J connectivity index is 2.08. The van der Waals surface area contributed by atoms with Gasteiger partial charge in [0, 0.05) is 0 Å². The van der Waals surface area contributed by atoms with Gasteiger partial charge in [0.2, 0.25) is 6.10 Å². The Morgan fingerprint density at radius 1 is 1.00 bits per heavy atom. The predicted octanol–water partition coefficient (Wildman–Crippen LogP) is -0.153. The molecule has 0 bridgehead atoms. The van der Waals surface area contributed by atoms with Gasteiger partial charge in [-0.3, -0.25) is 0 Å². The molecule has 74 valence electrons. The molecule has 8 heteroatoms. The second kappa shape index (κ2) is 3.04. The molecule has 2 heterocycles. The lowest BCUT2D eigenvalue weighted by Crippen LogP contribution is -2.40. The van der Waals surface area contributed by atoms with Crippen LogP contribution in [0.2, 0.25) is 0 Å². The fourth-order valence-electron chi connectivity index (χ4n) is 1.21. The summed E-state index contributed by atoms with van der Waals surface area (Å²) < 4.78 is 30.2. The Kier molecular flexibility index (Phi) is 1.97. The Morgan fingerprint density at radius 3 is 2.00 bits per heavy atom. The minimum atomic E-state index is -2.01. The van der Waals surface area contributed by atoms with Crippen LogP contribution in [0.25, 0.3) is 0 Å². The molecule has 14 heavy (non-hydrogen) atoms. The topological polar surface area (TPSA) is 71.1 Å². The van der Waals surface area contributed by atoms with Crippen molar-refractivity contribution in [1.29, 1.82) is 0 Å². The van der Waals surface area contributed by atoms with Gasteiger partial charge in [0.15, 0.2) is 6.10 Å². The molecule has 0 amide bonds. The van der Waals surface area contributed by atoms with E-state index in [1.165, 1.54) is 0 Å². The molecule has 0 aliphatic carbocycles. The van der Waals surface area contributed by atoms with E-state index in [1.54, 1.807) is 0 Å². The van der Waals surface area contributed by atoms with Gasteiger partial charge in [0.25, 0.3) is 6.36 Å². The minimum Gasteiger partial charge on any atom is -0.437 e. The van der Waals surface area contributed by atoms with Crippen molar-refractivity contribution in [2.24, 2.45) is 0 Å². The molecular weight excluding hydrogens is 198 g/mol. The number of ether oxygens (including phenoxy) is 4. The molecule has 2 rings (SSSR count). The first-order chi connectivity index (χ1) is 6.58. The molecule has 0 spiro atoms. The van der Waals surface area contributed by atoms with Crippen LogP contribution in [0.3, 0.4) is 0 Å². The molecule has 0 aromatic rings. The summed E-state index contributed by atoms with van der Waals surface area (Å²) >= 11 is 0. The maximum atomic E-state index is 12.9. The zero-order valence-corrected chi connectivity index (χ0v) is 6.71. The number of rotatable bonds is 1. The van der Waals surface area contributed by atoms with Crippen LogP contribution in [0.1, 0.15) is 0 Å². The van der Waals surface area contributed by atoms with Gasteiger partial charge in [0.05, 0.1) is 0 Å². The van der Waals surface area contributed by atoms with Crippen molar-refractivity contribution in [2.45, 2.75) is 24.6 Å². The van der Waals surface area contributed by atoms with E-state index in [1.807, 2.05) is 0 Å². The van der Waals surface area contributed by atoms with Gasteiger partial charge in [-0.25, -0.2) is 9.59 Å². The van der Waals surface area contributed by atoms with Gasteiger partial charge < -0.3 is 18.9 Å². The molecule has 0 N–H and O–H groups in total. The zero-order chi connectivity index (χ0) is 10.3. The summed E-state index contributed by atoms with van der Waals surface area (Å²) in [6, 6.07) is -1.17. The maximum Gasteiger partial charge on any atom is 0.511 e. The molecule has 0 saturated carbocycles. The second-order valence-corrected chi connectivity index (χ2v) is 2.72. The Bertz CT molecular complexity index is 255. The highest BCUT2D eigenvalue weighted by Crippen LogP contribution is 2.26. The van der Waals surface area contributed by atoms with Gasteiger partial charge in [0.1, 0.15) is 13.8 Å². The van der Waals surface area contributed by atoms with E-state index in [-0.39, 0.29) is 0 Å². The number of carbonyl (C=O) groups is 2. The second-order valence-electron chi connectivity index (χ2n) is 2.72. The van der Waals surface area contributed by atoms with E-state index in [4.69, 9.17) is 7.85 Å². The third-order valence-corrected chi connectivity index (χ3v) is 1.81. The molecule has 0 aromatic carbocycles. The highest BCUT2D eigenvalue weighted by atomic mass is 19.1. The Hall–Kier alpha value is -1.47. The quantitative estimate of drug-likeness (QED) is 0.434. The fourth-order valence-corrected chi connectivity index (χ4v) is 1.21. The molecule has 2 fully saturated rings. The van der Waals surface area contributed by atoms with Crippen molar-refractivity contribution in [3.8, 4) is 0 Å². The summed E-state index contributed by atoms with van der Waals surface area (Å²) in [5, 5.41) is 0. The van der Waals surface area contributed by atoms with Crippen LogP contribution in [0.15, 0.2) is 0 Å². The third-order valence-electron chi connectivity index (χ3n) is 1.81. The molecular formula is C6H4BFO6. The average Bonchev–Trinajstić information content (AvgIpc) is 2.55. The molecule has 2 saturated heterocycles. The van der Waals surface area contributed by atoms with Crippen LogP contribution < -0.4 is 0 Å². The van der Waals surface area contributed by atoms with Gasteiger partial charge in [-0.2, -0.15) is 4.39 Å². The first-order valence-electron chi connectivity index (χ1n) is 3.72. The van der Waals surface area contributed by atoms with Gasteiger partial charge >= 0.3 is 12.3 Å². The third kappa shape index (κ3) is 1.36. The lowest BCUT2D eigenvalue weighted by Gasteiger charge is -2.16. The van der Waals surface area contributed by atoms with Gasteiger partial charge in [-0.15, -0.1) is 0 Å². The summed E-state index contributed by atoms with van der Waals surface area (Å²) in [5.74, 6) is 0. The van der Waals surface area contributed by atoms with Crippen molar-refractivity contribution in [2.75, 3.05) is 0 Å². The average molecular weight is 202 g/mol. The maximum absolute atomic E-state index is 12.9. The summed E-state index contributed by atoms with van der Waals surface area (Å²) in [4.78, 5) is 21.1. The van der Waals surface area contributed by atoms with Crippen molar-refractivity contribution in [3.05, 3.63) is 0 Å². The number of hydrogen-bond donors (Lipinski definition) is 0. The minimum absolute atomic E-state index is 1.03. The zero-order valence-electron chi connectivity index (χ0n) is 6.71. The first kappa shape index (κ1) is 9.10. The Labute approximate surface area is 78.6 Å². The number of hydrogen-bond acceptors (Lipinski definition) is 6. The van der Waals surface area contributed by atoms with Crippen LogP contribution in [0.4, 0.5) is 14.0 Å². The lowest BCUT2D eigenvalue weighted by atomic mass is 9.91. The lowest BCUT2D eigenvalue weighted by molar-refractivity contribution is -0.0278. The highest BCUT2D eigenvalue weighted by molar-refractivity contribution is 6.12. The summed E-state index contributed by atoms with van der Waals surface area (Å²) in [7, 11) is 5.28. The van der Waals surface area contributed by atoms with Crippen molar-refractivity contribution in [3.63, 3.8) is 0 Å². The smallest absolute Gasteiger partial charge is 0.437 e. The normalized spacial score (nSPS) is 41.2. The van der Waals surface area contributed by atoms with E-state index in [9.17, 15) is 14.0 Å². The van der Waals surface area contributed by atoms with Crippen LogP contribution >= 0.6 is 0 Å². The molecule has 6 nitrogen and oxygen atoms in total. The van der Waals surface area contributed by atoms with Crippen LogP contribution in [0, 0.1) is 0 Å². The molecule has 0 aromatic heterocycles. The molecule has 4 atom stereocenters. The SMILES string of the molecule is [B]C1OC(=O)OC1C1OC(=O)OC1F. The summed E-state index contributed by atoms with van der Waals surface area (Å²) in [5.41, 5.74) is 0. The van der Waals surface area contributed by atoms with Crippen LogP contribution in [-0.2, 0) is 18.9 Å². The Morgan fingerprint density at radius 2 is 1.57 bits per heavy atom. The number of halogens is 1. The number of alkyl halides is 1. The molecule has 2 aliphatic rings. The van der Waals surface area contributed by atoms with E-state index >= 15 is 0 Å². The predicted molar refractivity (Wildman–Crippen MR) is 37.1 cm³/mol. The summed E-state index contributed by atoms with van der Waals surface area (Å²) in [6.45, 7) is 0. The van der Waals surface area contributed by atoms with Crippen LogP contribution in [0.5, 0.6) is 0 Å². The molecule has 4 unspecified atom stereocenters. The van der Waals surface area contributed by atoms with Crippen molar-refractivity contribution >= 4 is 20.2 Å². The molecule has 2 aliphatic heterocycles. The van der Waals surface area contributed by atoms with E-state index < -0.39 is 36.9 Å². The number of carbonyl (C=O) groups excluding carboxylic acids is 2. The highest BCUT2D eigenvalue weighted by Gasteiger charge is 2.50. The van der Waals surface area contributed by atoms with Gasteiger partial charge in [-0.1, -0.05) is 0 Å². The first-order valence-corrected chi connectivity index (χ1v) is 3.72. The number of cyclic esters (lactones) is 4. The largest absolute Gasteiger partial charge is 0.511 e. The van der Waals surface area contributed by atoms with Crippen LogP contribution in [-0.4, -0.2) is 44.7 Å². The van der Waals surface area contributed by atoms with Gasteiger partial charge in [-0.05, 0) is 0 Å². The standard InChI is InChI=1S/C6H4BFO6/c7-3-1(11-5(9)13-3)2-4(8)14-6(10)12-2/h1-4H. The van der Waals surface area contributed by atoms with E-state index in [0.29, 0.717) is 0 Å². The summed E-state index contributed by atoms with van der Waals surface area (Å²) in [6.07, 6.45) is -6.75. The fraction of sp³-hybridized carbons (Fsp3) is 0.667. The molecule has 2 radical (unpaired) electrons. The van der Waals surface area contributed by atoms with E-state index in [2.05, 4.69) is 18.9 Å². The van der Waals surface area contributed by atoms with Crippen molar-refractivity contribution < 1.29 is 32.9 Å². The van der Waals surface area contributed by atoms with E-state index in [0.717, 1.165) is 0 Å². The van der Waals surface area contributed by atoms with Crippen molar-refractivity contribution in [1.82, 2.24) is 0 Å².